The summed E-state index contributed by atoms with van der Waals surface area (Å²) >= 11 is 0. The Morgan fingerprint density at radius 1 is 1.00 bits per heavy atom. The van der Waals surface area contributed by atoms with Gasteiger partial charge < -0.3 is 24.8 Å². The lowest BCUT2D eigenvalue weighted by molar-refractivity contribution is -0.132. The molecule has 7 heteroatoms. The number of H-pyrrole nitrogens is 1. The van der Waals surface area contributed by atoms with Gasteiger partial charge in [-0.3, -0.25) is 4.79 Å². The molecule has 0 saturated heterocycles. The molecule has 198 valence electrons. The van der Waals surface area contributed by atoms with Crippen molar-refractivity contribution in [2.75, 3.05) is 33.4 Å². The van der Waals surface area contributed by atoms with Crippen LogP contribution in [0.2, 0.25) is 0 Å². The van der Waals surface area contributed by atoms with Crippen LogP contribution in [-0.2, 0) is 22.5 Å². The molecule has 0 unspecified atom stereocenters. The summed E-state index contributed by atoms with van der Waals surface area (Å²) in [5, 5.41) is 4.34. The molecule has 4 rings (SSSR count). The van der Waals surface area contributed by atoms with Crippen LogP contribution in [0.25, 0.3) is 10.9 Å². The van der Waals surface area contributed by atoms with E-state index in [1.807, 2.05) is 23.2 Å². The quantitative estimate of drug-likeness (QED) is 0.384. The number of methoxy groups -OCH3 is 1. The average Bonchev–Trinajstić information content (AvgIpc) is 3.33. The van der Waals surface area contributed by atoms with Crippen molar-refractivity contribution < 1.29 is 14.3 Å². The molecule has 3 aromatic rings. The smallest absolute Gasteiger partial charge is 0.318 e. The predicted octanol–water partition coefficient (Wildman–Crippen LogP) is 5.04. The van der Waals surface area contributed by atoms with E-state index in [0.29, 0.717) is 26.2 Å². The number of aromatic amines is 1. The minimum absolute atomic E-state index is 0.0294. The Labute approximate surface area is 220 Å². The molecule has 7 nitrogen and oxygen atoms in total. The van der Waals surface area contributed by atoms with E-state index in [1.54, 1.807) is 12.0 Å². The second-order valence-electron chi connectivity index (χ2n) is 10.1. The number of rotatable bonds is 11. The second-order valence-corrected chi connectivity index (χ2v) is 10.1. The molecule has 0 spiro atoms. The van der Waals surface area contributed by atoms with Gasteiger partial charge in [0, 0.05) is 49.9 Å². The van der Waals surface area contributed by atoms with Crippen molar-refractivity contribution in [1.29, 1.82) is 0 Å². The van der Waals surface area contributed by atoms with Gasteiger partial charge in [-0.05, 0) is 43.4 Å². The lowest BCUT2D eigenvalue weighted by Gasteiger charge is -2.30. The fourth-order valence-electron chi connectivity index (χ4n) is 5.03. The van der Waals surface area contributed by atoms with Crippen molar-refractivity contribution in [3.63, 3.8) is 0 Å². The van der Waals surface area contributed by atoms with Crippen molar-refractivity contribution in [3.05, 3.63) is 71.4 Å². The van der Waals surface area contributed by atoms with Crippen molar-refractivity contribution >= 4 is 22.8 Å². The molecular weight excluding hydrogens is 464 g/mol. The zero-order chi connectivity index (χ0) is 26.0. The van der Waals surface area contributed by atoms with Gasteiger partial charge in [0.15, 0.2) is 0 Å². The number of aromatic nitrogens is 1. The molecule has 1 aliphatic carbocycles. The van der Waals surface area contributed by atoms with Gasteiger partial charge in [-0.25, -0.2) is 4.79 Å². The minimum Gasteiger partial charge on any atom is -0.383 e. The average molecular weight is 505 g/mol. The maximum atomic E-state index is 13.7. The molecule has 0 atom stereocenters. The van der Waals surface area contributed by atoms with E-state index in [2.05, 4.69) is 53.6 Å². The van der Waals surface area contributed by atoms with Gasteiger partial charge in [0.25, 0.3) is 0 Å². The number of ether oxygens (including phenoxy) is 1. The monoisotopic (exact) mass is 504 g/mol. The second kappa shape index (κ2) is 13.3. The number of aryl methyl sites for hydroxylation is 1. The molecule has 1 fully saturated rings. The molecule has 1 heterocycles. The number of urea groups is 1. The molecule has 0 aliphatic heterocycles. The number of nitrogens with one attached hydrogen (secondary N) is 2. The number of hydrogen-bond donors (Lipinski definition) is 2. The van der Waals surface area contributed by atoms with E-state index in [0.717, 1.165) is 43.2 Å². The molecule has 1 saturated carbocycles. The lowest BCUT2D eigenvalue weighted by Crippen LogP contribution is -2.50. The number of benzene rings is 2. The first-order valence-corrected chi connectivity index (χ1v) is 13.5. The predicted molar refractivity (Wildman–Crippen MR) is 147 cm³/mol. The molecular formula is C30H40N4O3. The third kappa shape index (κ3) is 7.59. The molecule has 0 radical (unpaired) electrons. The number of fused-ring (bicyclic) bond motifs is 1. The van der Waals surface area contributed by atoms with Crippen LogP contribution in [0.15, 0.2) is 54.7 Å². The summed E-state index contributed by atoms with van der Waals surface area (Å²) in [4.78, 5) is 33.6. The summed E-state index contributed by atoms with van der Waals surface area (Å²) in [6.45, 7) is 3.92. The van der Waals surface area contributed by atoms with Crippen LogP contribution in [0.4, 0.5) is 4.79 Å². The Bertz CT molecular complexity index is 1150. The summed E-state index contributed by atoms with van der Waals surface area (Å²) in [5.41, 5.74) is 4.54. The van der Waals surface area contributed by atoms with Gasteiger partial charge in [-0.2, -0.15) is 0 Å². The largest absolute Gasteiger partial charge is 0.383 e. The molecule has 0 bridgehead atoms. The Kier molecular flexibility index (Phi) is 9.60. The number of carbonyl (C=O) groups is 2. The van der Waals surface area contributed by atoms with Gasteiger partial charge >= 0.3 is 6.03 Å². The summed E-state index contributed by atoms with van der Waals surface area (Å²) in [5.74, 6) is -0.0599. The van der Waals surface area contributed by atoms with Crippen LogP contribution in [0.1, 0.15) is 48.8 Å². The molecule has 2 aromatic carbocycles. The Morgan fingerprint density at radius 3 is 2.51 bits per heavy atom. The van der Waals surface area contributed by atoms with Crippen LogP contribution < -0.4 is 5.32 Å². The highest BCUT2D eigenvalue weighted by atomic mass is 16.5. The lowest BCUT2D eigenvalue weighted by atomic mass is 9.96. The molecule has 3 amide bonds. The Hall–Kier alpha value is -3.32. The first-order chi connectivity index (χ1) is 18.0. The minimum atomic E-state index is -0.177. The maximum absolute atomic E-state index is 13.7. The standard InChI is InChI=1S/C30H40N4O3/c1-23-12-14-24(15-13-23)21-33(17-16-25-20-31-28-11-7-6-10-27(25)28)29(35)22-34(18-19-37-2)30(36)32-26-8-4-3-5-9-26/h6-7,10-15,20,26,31H,3-5,8-9,16-19,21-22H2,1-2H3,(H,32,36). The number of amides is 3. The number of hydrogen-bond acceptors (Lipinski definition) is 3. The number of nitrogens with zero attached hydrogens (tertiary/aromatic N) is 2. The van der Waals surface area contributed by atoms with Gasteiger partial charge in [-0.1, -0.05) is 67.3 Å². The van der Waals surface area contributed by atoms with Gasteiger partial charge in [0.2, 0.25) is 5.91 Å². The van der Waals surface area contributed by atoms with Crippen molar-refractivity contribution in [3.8, 4) is 0 Å². The molecule has 37 heavy (non-hydrogen) atoms. The van der Waals surface area contributed by atoms with E-state index in [9.17, 15) is 9.59 Å². The number of carbonyl (C=O) groups excluding carboxylic acids is 2. The Morgan fingerprint density at radius 2 is 1.76 bits per heavy atom. The highest BCUT2D eigenvalue weighted by molar-refractivity contribution is 5.85. The SMILES string of the molecule is COCCN(CC(=O)N(CCc1c[nH]c2ccccc12)Cc1ccc(C)cc1)C(=O)NC1CCCCC1. The van der Waals surface area contributed by atoms with Gasteiger partial charge in [0.1, 0.15) is 6.54 Å². The van der Waals surface area contributed by atoms with Crippen LogP contribution in [0.5, 0.6) is 0 Å². The summed E-state index contributed by atoms with van der Waals surface area (Å²) in [6.07, 6.45) is 8.27. The molecule has 2 N–H and O–H groups in total. The van der Waals surface area contributed by atoms with E-state index in [4.69, 9.17) is 4.74 Å². The van der Waals surface area contributed by atoms with Crippen molar-refractivity contribution in [2.45, 2.75) is 58.0 Å². The number of para-hydroxylation sites is 1. The van der Waals surface area contributed by atoms with E-state index in [-0.39, 0.29) is 24.5 Å². The fourth-order valence-corrected chi connectivity index (χ4v) is 5.03. The van der Waals surface area contributed by atoms with Crippen molar-refractivity contribution in [1.82, 2.24) is 20.1 Å². The van der Waals surface area contributed by atoms with E-state index in [1.165, 1.54) is 22.9 Å². The maximum Gasteiger partial charge on any atom is 0.318 e. The topological polar surface area (TPSA) is 77.7 Å². The zero-order valence-corrected chi connectivity index (χ0v) is 22.2. The first-order valence-electron chi connectivity index (χ1n) is 13.5. The van der Waals surface area contributed by atoms with E-state index < -0.39 is 0 Å². The van der Waals surface area contributed by atoms with Crippen LogP contribution in [-0.4, -0.2) is 66.1 Å². The normalized spacial score (nSPS) is 14.0. The zero-order valence-electron chi connectivity index (χ0n) is 22.2. The van der Waals surface area contributed by atoms with Crippen molar-refractivity contribution in [2.24, 2.45) is 0 Å². The van der Waals surface area contributed by atoms with Gasteiger partial charge in [0.05, 0.1) is 6.61 Å². The molecule has 1 aliphatic rings. The summed E-state index contributed by atoms with van der Waals surface area (Å²) in [6, 6.07) is 16.5. The third-order valence-corrected chi connectivity index (χ3v) is 7.28. The summed E-state index contributed by atoms with van der Waals surface area (Å²) < 4.78 is 5.25. The van der Waals surface area contributed by atoms with Crippen LogP contribution in [0.3, 0.4) is 0 Å². The highest BCUT2D eigenvalue weighted by Gasteiger charge is 2.24. The highest BCUT2D eigenvalue weighted by Crippen LogP contribution is 2.20. The van der Waals surface area contributed by atoms with Crippen LogP contribution >= 0.6 is 0 Å². The van der Waals surface area contributed by atoms with E-state index >= 15 is 0 Å². The summed E-state index contributed by atoms with van der Waals surface area (Å²) in [7, 11) is 1.62. The third-order valence-electron chi connectivity index (χ3n) is 7.28. The first kappa shape index (κ1) is 26.7. The fraction of sp³-hybridized carbons (Fsp3) is 0.467. The Balaban J connectivity index is 1.47. The van der Waals surface area contributed by atoms with Crippen LogP contribution in [0, 0.1) is 6.92 Å². The van der Waals surface area contributed by atoms with Gasteiger partial charge in [-0.15, -0.1) is 0 Å². The molecule has 1 aromatic heterocycles.